The molecule has 1 aromatic carbocycles. The highest BCUT2D eigenvalue weighted by Gasteiger charge is 2.21. The molecule has 1 saturated heterocycles. The Morgan fingerprint density at radius 3 is 2.89 bits per heavy atom. The monoisotopic (exact) mass is 281 g/mol. The van der Waals surface area contributed by atoms with Crippen molar-refractivity contribution in [2.75, 3.05) is 26.2 Å². The zero-order chi connectivity index (χ0) is 12.5. The predicted octanol–water partition coefficient (Wildman–Crippen LogP) is 2.92. The lowest BCUT2D eigenvalue weighted by molar-refractivity contribution is 0.185. The zero-order valence-corrected chi connectivity index (χ0v) is 11.9. The van der Waals surface area contributed by atoms with E-state index in [4.69, 9.17) is 16.6 Å². The van der Waals surface area contributed by atoms with Gasteiger partial charge in [0.2, 0.25) is 0 Å². The summed E-state index contributed by atoms with van der Waals surface area (Å²) in [5.41, 5.74) is 1.02. The van der Waals surface area contributed by atoms with Crippen molar-refractivity contribution >= 4 is 33.2 Å². The predicted molar refractivity (Wildman–Crippen MR) is 77.5 cm³/mol. The van der Waals surface area contributed by atoms with Crippen LogP contribution in [0.3, 0.4) is 0 Å². The third kappa shape index (κ3) is 2.26. The number of nitrogens with one attached hydrogen (secondary N) is 1. The number of hydrogen-bond donors (Lipinski definition) is 1. The summed E-state index contributed by atoms with van der Waals surface area (Å²) < 4.78 is 1.11. The van der Waals surface area contributed by atoms with Gasteiger partial charge >= 0.3 is 0 Å². The highest BCUT2D eigenvalue weighted by molar-refractivity contribution is 7.19. The highest BCUT2D eigenvalue weighted by Crippen LogP contribution is 2.33. The van der Waals surface area contributed by atoms with Gasteiger partial charge in [-0.3, -0.25) is 4.90 Å². The molecule has 0 saturated carbocycles. The number of nitrogens with zero attached hydrogens (tertiary/aromatic N) is 2. The van der Waals surface area contributed by atoms with Gasteiger partial charge in [0.15, 0.2) is 0 Å². The van der Waals surface area contributed by atoms with Gasteiger partial charge in [0.1, 0.15) is 5.01 Å². The van der Waals surface area contributed by atoms with Gasteiger partial charge in [-0.15, -0.1) is 11.3 Å². The molecule has 0 radical (unpaired) electrons. The molecule has 1 N–H and O–H groups in total. The van der Waals surface area contributed by atoms with Crippen molar-refractivity contribution in [3.63, 3.8) is 0 Å². The molecule has 0 amide bonds. The van der Waals surface area contributed by atoms with Gasteiger partial charge < -0.3 is 5.32 Å². The van der Waals surface area contributed by atoms with Crippen molar-refractivity contribution < 1.29 is 0 Å². The first-order chi connectivity index (χ1) is 8.75. The van der Waals surface area contributed by atoms with Gasteiger partial charge in [0, 0.05) is 26.2 Å². The van der Waals surface area contributed by atoms with Gasteiger partial charge in [0.05, 0.1) is 21.3 Å². The van der Waals surface area contributed by atoms with Crippen LogP contribution in [0.25, 0.3) is 10.2 Å². The Bertz CT molecular complexity index is 548. The molecule has 1 fully saturated rings. The van der Waals surface area contributed by atoms with E-state index in [1.54, 1.807) is 11.3 Å². The summed E-state index contributed by atoms with van der Waals surface area (Å²) in [4.78, 5) is 7.19. The summed E-state index contributed by atoms with van der Waals surface area (Å²) in [5, 5.41) is 5.35. The molecule has 5 heteroatoms. The number of hydrogen-bond acceptors (Lipinski definition) is 4. The molecule has 1 atom stereocenters. The second kappa shape index (κ2) is 5.13. The number of fused-ring (bicyclic) bond motifs is 1. The molecule has 1 aromatic heterocycles. The van der Waals surface area contributed by atoms with Gasteiger partial charge in [0.25, 0.3) is 0 Å². The summed E-state index contributed by atoms with van der Waals surface area (Å²) in [6, 6.07) is 6.30. The largest absolute Gasteiger partial charge is 0.314 e. The second-order valence-electron chi connectivity index (χ2n) is 4.60. The van der Waals surface area contributed by atoms with Gasteiger partial charge in [-0.1, -0.05) is 17.7 Å². The molecule has 1 aliphatic rings. The van der Waals surface area contributed by atoms with Crippen molar-refractivity contribution in [1.82, 2.24) is 15.2 Å². The Morgan fingerprint density at radius 2 is 2.17 bits per heavy atom. The summed E-state index contributed by atoms with van der Waals surface area (Å²) in [6.45, 7) is 6.54. The fraction of sp³-hybridized carbons (Fsp3) is 0.462. The van der Waals surface area contributed by atoms with Gasteiger partial charge in [-0.05, 0) is 19.1 Å². The van der Waals surface area contributed by atoms with Crippen molar-refractivity contribution in [3.8, 4) is 0 Å². The standard InChI is InChI=1S/C13H16ClN3S/c1-9(17-7-5-15-6-8-17)13-16-11-4-2-3-10(14)12(11)18-13/h2-4,9,15H,5-8H2,1H3. The minimum atomic E-state index is 0.376. The maximum atomic E-state index is 6.21. The van der Waals surface area contributed by atoms with E-state index >= 15 is 0 Å². The molecule has 18 heavy (non-hydrogen) atoms. The van der Waals surface area contributed by atoms with E-state index < -0.39 is 0 Å². The molecule has 0 spiro atoms. The maximum Gasteiger partial charge on any atom is 0.111 e. The van der Waals surface area contributed by atoms with Crippen molar-refractivity contribution in [2.24, 2.45) is 0 Å². The quantitative estimate of drug-likeness (QED) is 0.917. The van der Waals surface area contributed by atoms with Crippen molar-refractivity contribution in [3.05, 3.63) is 28.2 Å². The molecule has 1 aliphatic heterocycles. The summed E-state index contributed by atoms with van der Waals surface area (Å²) in [5.74, 6) is 0. The van der Waals surface area contributed by atoms with Crippen LogP contribution in [-0.4, -0.2) is 36.1 Å². The van der Waals surface area contributed by atoms with Crippen LogP contribution in [0.5, 0.6) is 0 Å². The molecule has 3 rings (SSSR count). The average molecular weight is 282 g/mol. The molecule has 2 aromatic rings. The van der Waals surface area contributed by atoms with Crippen LogP contribution in [-0.2, 0) is 0 Å². The van der Waals surface area contributed by atoms with E-state index in [2.05, 4.69) is 17.1 Å². The molecular weight excluding hydrogens is 266 g/mol. The van der Waals surface area contributed by atoms with Crippen LogP contribution < -0.4 is 5.32 Å². The Balaban J connectivity index is 1.91. The van der Waals surface area contributed by atoms with Crippen LogP contribution in [0.15, 0.2) is 18.2 Å². The van der Waals surface area contributed by atoms with Gasteiger partial charge in [-0.2, -0.15) is 0 Å². The van der Waals surface area contributed by atoms with E-state index in [0.717, 1.165) is 41.4 Å². The second-order valence-corrected chi connectivity index (χ2v) is 6.04. The molecular formula is C13H16ClN3S. The lowest BCUT2D eigenvalue weighted by Gasteiger charge is -2.31. The van der Waals surface area contributed by atoms with E-state index in [9.17, 15) is 0 Å². The number of halogens is 1. The van der Waals surface area contributed by atoms with Crippen LogP contribution >= 0.6 is 22.9 Å². The number of thiazole rings is 1. The smallest absolute Gasteiger partial charge is 0.111 e. The Hall–Kier alpha value is -0.680. The summed E-state index contributed by atoms with van der Waals surface area (Å²) in [7, 11) is 0. The first kappa shape index (κ1) is 12.4. The number of piperazine rings is 1. The zero-order valence-electron chi connectivity index (χ0n) is 10.3. The van der Waals surface area contributed by atoms with Crippen molar-refractivity contribution in [2.45, 2.75) is 13.0 Å². The third-order valence-corrected chi connectivity index (χ3v) is 5.14. The molecule has 96 valence electrons. The number of aromatic nitrogens is 1. The fourth-order valence-electron chi connectivity index (χ4n) is 2.34. The lowest BCUT2D eigenvalue weighted by atomic mass is 10.2. The van der Waals surface area contributed by atoms with Crippen molar-refractivity contribution in [1.29, 1.82) is 0 Å². The SMILES string of the molecule is CC(c1nc2cccc(Cl)c2s1)N1CCNCC1. The third-order valence-electron chi connectivity index (χ3n) is 3.44. The normalized spacial score (nSPS) is 19.2. The maximum absolute atomic E-state index is 6.21. The average Bonchev–Trinajstić information content (AvgIpc) is 2.84. The molecule has 3 nitrogen and oxygen atoms in total. The number of benzene rings is 1. The molecule has 0 bridgehead atoms. The topological polar surface area (TPSA) is 28.2 Å². The molecule has 2 heterocycles. The number of rotatable bonds is 2. The first-order valence-electron chi connectivity index (χ1n) is 6.25. The van der Waals surface area contributed by atoms with E-state index in [0.29, 0.717) is 6.04 Å². The van der Waals surface area contributed by atoms with Crippen LogP contribution in [0.2, 0.25) is 5.02 Å². The van der Waals surface area contributed by atoms with E-state index in [-0.39, 0.29) is 0 Å². The van der Waals surface area contributed by atoms with Crippen LogP contribution in [0, 0.1) is 0 Å². The Labute approximate surface area is 116 Å². The summed E-state index contributed by atoms with van der Waals surface area (Å²) in [6.07, 6.45) is 0. The van der Waals surface area contributed by atoms with E-state index in [1.165, 1.54) is 5.01 Å². The molecule has 0 aliphatic carbocycles. The van der Waals surface area contributed by atoms with E-state index in [1.807, 2.05) is 18.2 Å². The molecule has 1 unspecified atom stereocenters. The van der Waals surface area contributed by atoms with Gasteiger partial charge in [-0.25, -0.2) is 4.98 Å². The first-order valence-corrected chi connectivity index (χ1v) is 7.45. The summed E-state index contributed by atoms with van der Waals surface area (Å²) >= 11 is 7.93. The minimum absolute atomic E-state index is 0.376. The lowest BCUT2D eigenvalue weighted by Crippen LogP contribution is -2.44. The fourth-order valence-corrected chi connectivity index (χ4v) is 3.68. The highest BCUT2D eigenvalue weighted by atomic mass is 35.5. The Kier molecular flexibility index (Phi) is 3.52. The minimum Gasteiger partial charge on any atom is -0.314 e. The van der Waals surface area contributed by atoms with Crippen LogP contribution in [0.4, 0.5) is 0 Å². The Morgan fingerprint density at radius 1 is 1.39 bits per heavy atom. The van der Waals surface area contributed by atoms with Crippen LogP contribution in [0.1, 0.15) is 18.0 Å².